The lowest BCUT2D eigenvalue weighted by Gasteiger charge is -2.20. The van der Waals surface area contributed by atoms with Crippen LogP contribution in [0.25, 0.3) is 11.4 Å². The Hall–Kier alpha value is -3.02. The number of hydrogen-bond donors (Lipinski definition) is 0. The molecule has 26 heavy (non-hydrogen) atoms. The second-order valence-electron chi connectivity index (χ2n) is 6.39. The molecular formula is C20H18FN3O2. The van der Waals surface area contributed by atoms with E-state index in [4.69, 9.17) is 4.52 Å². The molecule has 4 rings (SSSR count). The zero-order valence-electron chi connectivity index (χ0n) is 14.1. The van der Waals surface area contributed by atoms with Gasteiger partial charge in [-0.3, -0.25) is 4.79 Å². The Morgan fingerprint density at radius 2 is 1.85 bits per heavy atom. The fraction of sp³-hybridized carbons (Fsp3) is 0.250. The molecule has 1 saturated heterocycles. The van der Waals surface area contributed by atoms with E-state index < -0.39 is 0 Å². The predicted molar refractivity (Wildman–Crippen MR) is 95.1 cm³/mol. The van der Waals surface area contributed by atoms with Crippen molar-refractivity contribution in [3.63, 3.8) is 0 Å². The Kier molecular flexibility index (Phi) is 4.48. The average Bonchev–Trinajstić information content (AvgIpc) is 3.08. The van der Waals surface area contributed by atoms with Gasteiger partial charge < -0.3 is 9.42 Å². The molecule has 6 heteroatoms. The van der Waals surface area contributed by atoms with E-state index in [0.29, 0.717) is 30.4 Å². The van der Waals surface area contributed by atoms with Gasteiger partial charge in [-0.05, 0) is 37.1 Å². The standard InChI is InChI=1S/C20H18FN3O2/c21-16-8-10-17(11-9-16)24-12-4-7-15(13-18(24)25)20-22-19(23-26-20)14-5-2-1-3-6-14/h1-3,5-6,8-11,15H,4,7,12-13H2. The number of anilines is 1. The second-order valence-corrected chi connectivity index (χ2v) is 6.39. The highest BCUT2D eigenvalue weighted by atomic mass is 19.1. The SMILES string of the molecule is O=C1CC(c2nc(-c3ccccc3)no2)CCCN1c1ccc(F)cc1. The number of benzene rings is 2. The number of carbonyl (C=O) groups excluding carboxylic acids is 1. The third-order valence-electron chi connectivity index (χ3n) is 4.62. The van der Waals surface area contributed by atoms with Gasteiger partial charge in [0, 0.05) is 30.1 Å². The first-order valence-corrected chi connectivity index (χ1v) is 8.65. The normalized spacial score (nSPS) is 18.0. The third-order valence-corrected chi connectivity index (χ3v) is 4.62. The van der Waals surface area contributed by atoms with Crippen LogP contribution in [0, 0.1) is 5.82 Å². The molecule has 0 saturated carbocycles. The smallest absolute Gasteiger partial charge is 0.230 e. The first-order valence-electron chi connectivity index (χ1n) is 8.65. The molecule has 1 aromatic heterocycles. The minimum atomic E-state index is -0.312. The summed E-state index contributed by atoms with van der Waals surface area (Å²) in [5, 5.41) is 4.05. The minimum absolute atomic E-state index is 0.0152. The molecule has 1 aliphatic rings. The zero-order chi connectivity index (χ0) is 17.9. The van der Waals surface area contributed by atoms with Gasteiger partial charge in [-0.15, -0.1) is 0 Å². The molecule has 0 radical (unpaired) electrons. The van der Waals surface area contributed by atoms with Crippen LogP contribution in [-0.4, -0.2) is 22.6 Å². The predicted octanol–water partition coefficient (Wildman–Crippen LogP) is 4.18. The minimum Gasteiger partial charge on any atom is -0.339 e. The van der Waals surface area contributed by atoms with Crippen molar-refractivity contribution in [1.29, 1.82) is 0 Å². The highest BCUT2D eigenvalue weighted by Gasteiger charge is 2.29. The Morgan fingerprint density at radius 3 is 2.62 bits per heavy atom. The maximum atomic E-state index is 13.1. The maximum absolute atomic E-state index is 13.1. The second kappa shape index (κ2) is 7.07. The third kappa shape index (κ3) is 3.35. The van der Waals surface area contributed by atoms with Crippen molar-refractivity contribution in [2.45, 2.75) is 25.2 Å². The van der Waals surface area contributed by atoms with Crippen molar-refractivity contribution in [2.24, 2.45) is 0 Å². The van der Waals surface area contributed by atoms with Crippen molar-refractivity contribution in [2.75, 3.05) is 11.4 Å². The van der Waals surface area contributed by atoms with Gasteiger partial charge in [-0.2, -0.15) is 4.98 Å². The number of halogens is 1. The van der Waals surface area contributed by atoms with E-state index in [9.17, 15) is 9.18 Å². The van der Waals surface area contributed by atoms with Crippen LogP contribution in [0.3, 0.4) is 0 Å². The summed E-state index contributed by atoms with van der Waals surface area (Å²) in [7, 11) is 0. The van der Waals surface area contributed by atoms with Crippen molar-refractivity contribution in [3.8, 4) is 11.4 Å². The number of nitrogens with zero attached hydrogens (tertiary/aromatic N) is 3. The lowest BCUT2D eigenvalue weighted by molar-refractivity contribution is -0.118. The van der Waals surface area contributed by atoms with E-state index in [1.165, 1.54) is 12.1 Å². The Morgan fingerprint density at radius 1 is 1.08 bits per heavy atom. The number of hydrogen-bond acceptors (Lipinski definition) is 4. The molecule has 0 aliphatic carbocycles. The lowest BCUT2D eigenvalue weighted by Crippen LogP contribution is -2.30. The molecule has 3 aromatic rings. The average molecular weight is 351 g/mol. The van der Waals surface area contributed by atoms with E-state index in [2.05, 4.69) is 10.1 Å². The molecule has 1 atom stereocenters. The Bertz CT molecular complexity index is 893. The van der Waals surface area contributed by atoms with Crippen LogP contribution in [0.1, 0.15) is 31.1 Å². The molecular weight excluding hydrogens is 333 g/mol. The topological polar surface area (TPSA) is 59.2 Å². The van der Waals surface area contributed by atoms with Crippen LogP contribution in [0.5, 0.6) is 0 Å². The molecule has 1 unspecified atom stereocenters. The molecule has 1 aliphatic heterocycles. The molecule has 1 fully saturated rings. The lowest BCUT2D eigenvalue weighted by atomic mass is 10.0. The van der Waals surface area contributed by atoms with Gasteiger partial charge in [0.2, 0.25) is 17.6 Å². The van der Waals surface area contributed by atoms with Gasteiger partial charge in [-0.25, -0.2) is 4.39 Å². The van der Waals surface area contributed by atoms with Crippen LogP contribution >= 0.6 is 0 Å². The van der Waals surface area contributed by atoms with Gasteiger partial charge in [0.05, 0.1) is 0 Å². The summed E-state index contributed by atoms with van der Waals surface area (Å²) in [5.41, 5.74) is 1.60. The molecule has 0 spiro atoms. The largest absolute Gasteiger partial charge is 0.339 e. The summed E-state index contributed by atoms with van der Waals surface area (Å²) in [6.07, 6.45) is 1.91. The highest BCUT2D eigenvalue weighted by molar-refractivity contribution is 5.94. The van der Waals surface area contributed by atoms with Crippen molar-refractivity contribution >= 4 is 11.6 Å². The van der Waals surface area contributed by atoms with Crippen LogP contribution < -0.4 is 4.90 Å². The van der Waals surface area contributed by atoms with E-state index in [1.807, 2.05) is 30.3 Å². The number of amides is 1. The van der Waals surface area contributed by atoms with Gasteiger partial charge in [0.15, 0.2) is 0 Å². The summed E-state index contributed by atoms with van der Waals surface area (Å²) < 4.78 is 18.6. The fourth-order valence-electron chi connectivity index (χ4n) is 3.25. The molecule has 132 valence electrons. The van der Waals surface area contributed by atoms with Gasteiger partial charge in [-0.1, -0.05) is 35.5 Å². The van der Waals surface area contributed by atoms with E-state index in [1.54, 1.807) is 17.0 Å². The van der Waals surface area contributed by atoms with E-state index >= 15 is 0 Å². The summed E-state index contributed by atoms with van der Waals surface area (Å²) in [5.74, 6) is 0.607. The maximum Gasteiger partial charge on any atom is 0.230 e. The van der Waals surface area contributed by atoms with Crippen LogP contribution in [-0.2, 0) is 4.79 Å². The van der Waals surface area contributed by atoms with Crippen LogP contribution in [0.2, 0.25) is 0 Å². The number of aromatic nitrogens is 2. The van der Waals surface area contributed by atoms with Crippen molar-refractivity contribution in [1.82, 2.24) is 10.1 Å². The van der Waals surface area contributed by atoms with Crippen LogP contribution in [0.4, 0.5) is 10.1 Å². The molecule has 2 heterocycles. The first kappa shape index (κ1) is 16.4. The monoisotopic (exact) mass is 351 g/mol. The quantitative estimate of drug-likeness (QED) is 0.710. The van der Waals surface area contributed by atoms with Crippen molar-refractivity contribution < 1.29 is 13.7 Å². The fourth-order valence-corrected chi connectivity index (χ4v) is 3.25. The zero-order valence-corrected chi connectivity index (χ0v) is 14.1. The van der Waals surface area contributed by atoms with E-state index in [-0.39, 0.29) is 17.6 Å². The molecule has 0 bridgehead atoms. The highest BCUT2D eigenvalue weighted by Crippen LogP contribution is 2.31. The van der Waals surface area contributed by atoms with E-state index in [0.717, 1.165) is 18.4 Å². The molecule has 0 N–H and O–H groups in total. The summed E-state index contributed by atoms with van der Waals surface area (Å²) in [6.45, 7) is 0.598. The molecule has 5 nitrogen and oxygen atoms in total. The Labute approximate surface area is 150 Å². The number of carbonyl (C=O) groups is 1. The van der Waals surface area contributed by atoms with Gasteiger partial charge in [0.1, 0.15) is 5.82 Å². The van der Waals surface area contributed by atoms with Gasteiger partial charge >= 0.3 is 0 Å². The molecule has 2 aromatic carbocycles. The first-order chi connectivity index (χ1) is 12.7. The number of rotatable bonds is 3. The summed E-state index contributed by atoms with van der Waals surface area (Å²) in [6, 6.07) is 15.6. The summed E-state index contributed by atoms with van der Waals surface area (Å²) in [4.78, 5) is 18.9. The van der Waals surface area contributed by atoms with Crippen molar-refractivity contribution in [3.05, 3.63) is 66.3 Å². The van der Waals surface area contributed by atoms with Gasteiger partial charge in [0.25, 0.3) is 0 Å². The Balaban J connectivity index is 1.52. The summed E-state index contributed by atoms with van der Waals surface area (Å²) >= 11 is 0. The van der Waals surface area contributed by atoms with Crippen LogP contribution in [0.15, 0.2) is 59.1 Å². The molecule has 1 amide bonds.